The maximum absolute atomic E-state index is 11.2. The van der Waals surface area contributed by atoms with E-state index in [4.69, 9.17) is 4.74 Å². The van der Waals surface area contributed by atoms with Crippen LogP contribution in [0.1, 0.15) is 12.5 Å². The molecule has 0 aliphatic carbocycles. The average molecular weight is 204 g/mol. The minimum absolute atomic E-state index is 0.0548. The molecule has 1 aromatic carbocycles. The summed E-state index contributed by atoms with van der Waals surface area (Å²) < 4.78 is 5.05. The van der Waals surface area contributed by atoms with E-state index < -0.39 is 0 Å². The molecule has 1 amide bonds. The highest BCUT2D eigenvalue weighted by Gasteiger charge is 2.22. The lowest BCUT2D eigenvalue weighted by Gasteiger charge is -2.02. The van der Waals surface area contributed by atoms with Gasteiger partial charge in [0.25, 0.3) is 0 Å². The number of rotatable bonds is 2. The highest BCUT2D eigenvalue weighted by Crippen LogP contribution is 2.13. The van der Waals surface area contributed by atoms with Gasteiger partial charge in [-0.25, -0.2) is 0 Å². The lowest BCUT2D eigenvalue weighted by Crippen LogP contribution is -2.27. The Labute approximate surface area is 88.0 Å². The third-order valence-electron chi connectivity index (χ3n) is 2.31. The van der Waals surface area contributed by atoms with Gasteiger partial charge in [0.2, 0.25) is 5.91 Å². The second kappa shape index (κ2) is 3.73. The third kappa shape index (κ3) is 1.83. The molecule has 2 rings (SSSR count). The average Bonchev–Trinajstić information content (AvgIpc) is 2.59. The van der Waals surface area contributed by atoms with E-state index in [1.54, 1.807) is 14.0 Å². The zero-order chi connectivity index (χ0) is 10.8. The van der Waals surface area contributed by atoms with Gasteiger partial charge in [-0.2, -0.15) is 0 Å². The number of amidine groups is 1. The zero-order valence-corrected chi connectivity index (χ0v) is 8.65. The lowest BCUT2D eigenvalue weighted by atomic mass is 10.2. The summed E-state index contributed by atoms with van der Waals surface area (Å²) in [7, 11) is 1.62. The molecule has 0 aromatic heterocycles. The molecule has 15 heavy (non-hydrogen) atoms. The second-order valence-corrected chi connectivity index (χ2v) is 3.37. The summed E-state index contributed by atoms with van der Waals surface area (Å²) in [6, 6.07) is 7.13. The Morgan fingerprint density at radius 2 is 2.00 bits per heavy atom. The standard InChI is InChI=1S/C11H12N2O2/c1-7-11(14)13-10(12-7)8-3-5-9(15-2)6-4-8/h3-7H,1-2H3,(H,12,13,14). The number of benzene rings is 1. The van der Waals surface area contributed by atoms with Crippen LogP contribution in [0.4, 0.5) is 0 Å². The number of nitrogens with zero attached hydrogens (tertiary/aromatic N) is 1. The minimum Gasteiger partial charge on any atom is -0.497 e. The summed E-state index contributed by atoms with van der Waals surface area (Å²) in [4.78, 5) is 15.4. The molecule has 1 aliphatic rings. The summed E-state index contributed by atoms with van der Waals surface area (Å²) in [6.45, 7) is 1.77. The summed E-state index contributed by atoms with van der Waals surface area (Å²) in [5.41, 5.74) is 0.897. The monoisotopic (exact) mass is 204 g/mol. The maximum atomic E-state index is 11.2. The van der Waals surface area contributed by atoms with Crippen LogP contribution < -0.4 is 10.1 Å². The van der Waals surface area contributed by atoms with Gasteiger partial charge in [-0.3, -0.25) is 9.79 Å². The van der Waals surface area contributed by atoms with Crippen LogP contribution in [-0.4, -0.2) is 24.9 Å². The third-order valence-corrected chi connectivity index (χ3v) is 2.31. The van der Waals surface area contributed by atoms with Gasteiger partial charge in [0.15, 0.2) is 0 Å². The molecule has 1 unspecified atom stereocenters. The molecule has 1 N–H and O–H groups in total. The number of amides is 1. The molecule has 1 aromatic rings. The predicted molar refractivity (Wildman–Crippen MR) is 57.1 cm³/mol. The van der Waals surface area contributed by atoms with Gasteiger partial charge >= 0.3 is 0 Å². The van der Waals surface area contributed by atoms with Crippen LogP contribution in [0.3, 0.4) is 0 Å². The summed E-state index contributed by atoms with van der Waals surface area (Å²) in [6.07, 6.45) is 0. The highest BCUT2D eigenvalue weighted by molar-refractivity contribution is 6.13. The van der Waals surface area contributed by atoms with Crippen LogP contribution in [0, 0.1) is 0 Å². The molecular formula is C11H12N2O2. The molecule has 0 radical (unpaired) electrons. The highest BCUT2D eigenvalue weighted by atomic mass is 16.5. The maximum Gasteiger partial charge on any atom is 0.250 e. The van der Waals surface area contributed by atoms with E-state index in [1.165, 1.54) is 0 Å². The van der Waals surface area contributed by atoms with E-state index >= 15 is 0 Å². The van der Waals surface area contributed by atoms with Crippen LogP contribution in [0.2, 0.25) is 0 Å². The van der Waals surface area contributed by atoms with E-state index in [1.807, 2.05) is 24.3 Å². The van der Waals surface area contributed by atoms with E-state index in [2.05, 4.69) is 10.3 Å². The quantitative estimate of drug-likeness (QED) is 0.780. The molecule has 4 nitrogen and oxygen atoms in total. The summed E-state index contributed by atoms with van der Waals surface area (Å²) >= 11 is 0. The number of methoxy groups -OCH3 is 1. The molecule has 1 heterocycles. The predicted octanol–water partition coefficient (Wildman–Crippen LogP) is 0.960. The van der Waals surface area contributed by atoms with E-state index in [0.717, 1.165) is 11.3 Å². The van der Waals surface area contributed by atoms with Gasteiger partial charge in [0.1, 0.15) is 17.6 Å². The van der Waals surface area contributed by atoms with Gasteiger partial charge in [-0.15, -0.1) is 0 Å². The molecule has 4 heteroatoms. The Balaban J connectivity index is 2.24. The van der Waals surface area contributed by atoms with Gasteiger partial charge in [-0.05, 0) is 31.2 Å². The van der Waals surface area contributed by atoms with Crippen LogP contribution in [0.25, 0.3) is 0 Å². The minimum atomic E-state index is -0.290. The van der Waals surface area contributed by atoms with Crippen molar-refractivity contribution < 1.29 is 9.53 Å². The van der Waals surface area contributed by atoms with Gasteiger partial charge < -0.3 is 10.1 Å². The van der Waals surface area contributed by atoms with Crippen molar-refractivity contribution in [1.29, 1.82) is 0 Å². The van der Waals surface area contributed by atoms with Crippen LogP contribution in [-0.2, 0) is 4.79 Å². The molecular weight excluding hydrogens is 192 g/mol. The molecule has 0 spiro atoms. The number of aliphatic imine (C=N–C) groups is 1. The molecule has 1 aliphatic heterocycles. The van der Waals surface area contributed by atoms with Gasteiger partial charge in [-0.1, -0.05) is 0 Å². The number of hydrogen-bond donors (Lipinski definition) is 1. The van der Waals surface area contributed by atoms with Crippen molar-refractivity contribution in [3.63, 3.8) is 0 Å². The Kier molecular flexibility index (Phi) is 2.41. The van der Waals surface area contributed by atoms with Gasteiger partial charge in [0, 0.05) is 5.56 Å². The van der Waals surface area contributed by atoms with Crippen molar-refractivity contribution in [2.24, 2.45) is 4.99 Å². The number of nitrogens with one attached hydrogen (secondary N) is 1. The van der Waals surface area contributed by atoms with E-state index in [9.17, 15) is 4.79 Å². The van der Waals surface area contributed by atoms with Crippen LogP contribution >= 0.6 is 0 Å². The van der Waals surface area contributed by atoms with E-state index in [0.29, 0.717) is 5.84 Å². The number of carbonyl (C=O) groups excluding carboxylic acids is 1. The van der Waals surface area contributed by atoms with Crippen molar-refractivity contribution in [3.8, 4) is 5.75 Å². The van der Waals surface area contributed by atoms with Crippen molar-refractivity contribution >= 4 is 11.7 Å². The van der Waals surface area contributed by atoms with Crippen LogP contribution in [0.5, 0.6) is 5.75 Å². The normalized spacial score (nSPS) is 19.7. The van der Waals surface area contributed by atoms with E-state index in [-0.39, 0.29) is 11.9 Å². The van der Waals surface area contributed by atoms with Crippen LogP contribution in [0.15, 0.2) is 29.3 Å². The molecule has 78 valence electrons. The van der Waals surface area contributed by atoms with Crippen molar-refractivity contribution in [2.75, 3.05) is 7.11 Å². The fourth-order valence-electron chi connectivity index (χ4n) is 1.40. The zero-order valence-electron chi connectivity index (χ0n) is 8.65. The van der Waals surface area contributed by atoms with Gasteiger partial charge in [0.05, 0.1) is 7.11 Å². The molecule has 0 bridgehead atoms. The molecule has 0 fully saturated rings. The second-order valence-electron chi connectivity index (χ2n) is 3.37. The molecule has 1 atom stereocenters. The number of carbonyl (C=O) groups is 1. The number of hydrogen-bond acceptors (Lipinski definition) is 3. The lowest BCUT2D eigenvalue weighted by molar-refractivity contribution is -0.119. The first-order valence-electron chi connectivity index (χ1n) is 4.74. The largest absolute Gasteiger partial charge is 0.497 e. The number of ether oxygens (including phenoxy) is 1. The Bertz CT molecular complexity index is 409. The first-order chi connectivity index (χ1) is 7.20. The summed E-state index contributed by atoms with van der Waals surface area (Å²) in [5.74, 6) is 1.37. The Hall–Kier alpha value is -1.84. The van der Waals surface area contributed by atoms with Crippen molar-refractivity contribution in [3.05, 3.63) is 29.8 Å². The SMILES string of the molecule is COc1ccc(C2=NC(C)C(=O)N2)cc1. The van der Waals surface area contributed by atoms with Crippen molar-refractivity contribution in [1.82, 2.24) is 5.32 Å². The fraction of sp³-hybridized carbons (Fsp3) is 0.273. The summed E-state index contributed by atoms with van der Waals surface area (Å²) in [5, 5.41) is 2.73. The topological polar surface area (TPSA) is 50.7 Å². The first kappa shape index (κ1) is 9.71. The Morgan fingerprint density at radius 3 is 2.47 bits per heavy atom. The smallest absolute Gasteiger partial charge is 0.250 e. The molecule has 0 saturated carbocycles. The van der Waals surface area contributed by atoms with Crippen molar-refractivity contribution in [2.45, 2.75) is 13.0 Å². The first-order valence-corrected chi connectivity index (χ1v) is 4.74. The fourth-order valence-corrected chi connectivity index (χ4v) is 1.40. The molecule has 0 saturated heterocycles. The Morgan fingerprint density at radius 1 is 1.33 bits per heavy atom.